The molecule has 2 aliphatic rings. The number of hydrogen-bond acceptors (Lipinski definition) is 1. The highest BCUT2D eigenvalue weighted by atomic mass is 16.5. The third-order valence-electron chi connectivity index (χ3n) is 7.33. The average molecular weight is 422 g/mol. The summed E-state index contributed by atoms with van der Waals surface area (Å²) in [5, 5.41) is 0. The van der Waals surface area contributed by atoms with Crippen LogP contribution >= 0.6 is 0 Å². The maximum absolute atomic E-state index is 5.73. The lowest BCUT2D eigenvalue weighted by atomic mass is 10.0. The minimum atomic E-state index is 0.794. The summed E-state index contributed by atoms with van der Waals surface area (Å²) >= 11 is 0. The molecule has 0 amide bonds. The first kappa shape index (κ1) is 19.4. The number of fused-ring (bicyclic) bond motifs is 3. The van der Waals surface area contributed by atoms with Gasteiger partial charge in [-0.2, -0.15) is 4.57 Å². The molecule has 2 bridgehead atoms. The van der Waals surface area contributed by atoms with Crippen molar-refractivity contribution in [2.45, 2.75) is 32.2 Å². The van der Waals surface area contributed by atoms with E-state index < -0.39 is 0 Å². The fraction of sp³-hybridized carbons (Fsp3) is 0.276. The van der Waals surface area contributed by atoms with Gasteiger partial charge in [0.15, 0.2) is 17.1 Å². The van der Waals surface area contributed by atoms with E-state index in [9.17, 15) is 0 Å². The Hall–Kier alpha value is -3.33. The number of nitrogens with zero attached hydrogens (tertiary/aromatic N) is 2. The molecule has 1 aliphatic heterocycles. The molecular weight excluding hydrogens is 392 g/mol. The first-order valence-corrected chi connectivity index (χ1v) is 11.7. The van der Waals surface area contributed by atoms with Crippen molar-refractivity contribution in [2.75, 3.05) is 7.11 Å². The Bertz CT molecular complexity index is 1240. The minimum absolute atomic E-state index is 0.794. The van der Waals surface area contributed by atoms with Crippen molar-refractivity contribution < 1.29 is 9.30 Å². The highest BCUT2D eigenvalue weighted by Crippen LogP contribution is 2.39. The van der Waals surface area contributed by atoms with Crippen molar-refractivity contribution in [3.05, 3.63) is 90.9 Å². The predicted molar refractivity (Wildman–Crippen MR) is 128 cm³/mol. The molecule has 3 heteroatoms. The van der Waals surface area contributed by atoms with Gasteiger partial charge in [-0.1, -0.05) is 54.6 Å². The first-order valence-electron chi connectivity index (χ1n) is 11.7. The summed E-state index contributed by atoms with van der Waals surface area (Å²) in [6, 6.07) is 28.0. The van der Waals surface area contributed by atoms with Crippen LogP contribution in [0, 0.1) is 11.8 Å². The van der Waals surface area contributed by atoms with Crippen LogP contribution in [0.4, 0.5) is 0 Å². The number of para-hydroxylation sites is 2. The van der Waals surface area contributed by atoms with Crippen LogP contribution in [0.15, 0.2) is 85.1 Å². The fourth-order valence-electron chi connectivity index (χ4n) is 5.73. The van der Waals surface area contributed by atoms with Crippen LogP contribution in [0.1, 0.15) is 25.1 Å². The second kappa shape index (κ2) is 7.98. The Morgan fingerprint density at radius 3 is 2.28 bits per heavy atom. The van der Waals surface area contributed by atoms with Gasteiger partial charge >= 0.3 is 0 Å². The maximum Gasteiger partial charge on any atom is 0.262 e. The largest absolute Gasteiger partial charge is 0.492 e. The summed E-state index contributed by atoms with van der Waals surface area (Å²) < 4.78 is 10.7. The molecule has 3 nitrogen and oxygen atoms in total. The van der Waals surface area contributed by atoms with Gasteiger partial charge in [-0.05, 0) is 66.5 Å². The molecule has 0 N–H and O–H groups in total. The quantitative estimate of drug-likeness (QED) is 0.365. The van der Waals surface area contributed by atoms with Gasteiger partial charge in [0.2, 0.25) is 0 Å². The molecule has 1 aromatic heterocycles. The molecular formula is C29H29N2O+. The van der Waals surface area contributed by atoms with E-state index in [1.165, 1.54) is 47.5 Å². The van der Waals surface area contributed by atoms with Gasteiger partial charge in [0.25, 0.3) is 5.82 Å². The van der Waals surface area contributed by atoms with Crippen molar-refractivity contribution in [3.8, 4) is 33.8 Å². The molecule has 0 saturated heterocycles. The monoisotopic (exact) mass is 421 g/mol. The topological polar surface area (TPSA) is 18.0 Å². The molecule has 1 fully saturated rings. The molecule has 2 heterocycles. The lowest BCUT2D eigenvalue weighted by Gasteiger charge is -2.11. The van der Waals surface area contributed by atoms with Crippen LogP contribution in [0.3, 0.4) is 0 Å². The van der Waals surface area contributed by atoms with Gasteiger partial charge in [-0.3, -0.25) is 0 Å². The zero-order valence-electron chi connectivity index (χ0n) is 18.6. The average Bonchev–Trinajstić information content (AvgIpc) is 3.38. The lowest BCUT2D eigenvalue weighted by molar-refractivity contribution is -0.604. The zero-order chi connectivity index (χ0) is 21.5. The number of benzene rings is 3. The van der Waals surface area contributed by atoms with Gasteiger partial charge in [0, 0.05) is 5.56 Å². The molecule has 0 spiro atoms. The van der Waals surface area contributed by atoms with Crippen molar-refractivity contribution in [2.24, 2.45) is 11.8 Å². The smallest absolute Gasteiger partial charge is 0.262 e. The van der Waals surface area contributed by atoms with E-state index in [1.807, 2.05) is 6.07 Å². The van der Waals surface area contributed by atoms with E-state index >= 15 is 0 Å². The summed E-state index contributed by atoms with van der Waals surface area (Å²) in [4.78, 5) is 0. The first-order chi connectivity index (χ1) is 15.8. The third-order valence-corrected chi connectivity index (χ3v) is 7.33. The van der Waals surface area contributed by atoms with Crippen molar-refractivity contribution in [1.29, 1.82) is 0 Å². The number of methoxy groups -OCH3 is 1. The van der Waals surface area contributed by atoms with Crippen LogP contribution in [0.2, 0.25) is 0 Å². The third kappa shape index (κ3) is 3.33. The van der Waals surface area contributed by atoms with Crippen LogP contribution in [0.25, 0.3) is 28.1 Å². The van der Waals surface area contributed by atoms with Gasteiger partial charge < -0.3 is 4.74 Å². The highest BCUT2D eigenvalue weighted by molar-refractivity contribution is 5.68. The predicted octanol–water partition coefficient (Wildman–Crippen LogP) is 6.08. The summed E-state index contributed by atoms with van der Waals surface area (Å²) in [6.45, 7) is 1.11. The van der Waals surface area contributed by atoms with Crippen LogP contribution in [-0.2, 0) is 13.0 Å². The zero-order valence-corrected chi connectivity index (χ0v) is 18.6. The second-order valence-corrected chi connectivity index (χ2v) is 9.28. The molecule has 32 heavy (non-hydrogen) atoms. The highest BCUT2D eigenvalue weighted by Gasteiger charge is 2.38. The molecule has 6 rings (SSSR count). The molecule has 1 saturated carbocycles. The lowest BCUT2D eigenvalue weighted by Crippen LogP contribution is -2.35. The van der Waals surface area contributed by atoms with Gasteiger partial charge in [0.1, 0.15) is 6.20 Å². The number of rotatable bonds is 4. The van der Waals surface area contributed by atoms with Crippen molar-refractivity contribution >= 4 is 0 Å². The molecule has 4 aromatic rings. The summed E-state index contributed by atoms with van der Waals surface area (Å²) in [5.41, 5.74) is 6.22. The van der Waals surface area contributed by atoms with Gasteiger partial charge in [-0.25, -0.2) is 4.57 Å². The minimum Gasteiger partial charge on any atom is -0.492 e. The van der Waals surface area contributed by atoms with E-state index in [-0.39, 0.29) is 0 Å². The molecule has 160 valence electrons. The van der Waals surface area contributed by atoms with Crippen molar-refractivity contribution in [1.82, 2.24) is 4.57 Å². The SMILES string of the molecule is COc1ccccc1-[n+]1cc(-c2ccc(-c3ccccc3)cc2)n2c1CC1CCC(C1)C2. The Balaban J connectivity index is 1.48. The van der Waals surface area contributed by atoms with E-state index in [4.69, 9.17) is 4.74 Å². The number of imidazole rings is 1. The Kier molecular flexibility index (Phi) is 4.83. The maximum atomic E-state index is 5.73. The van der Waals surface area contributed by atoms with Crippen LogP contribution < -0.4 is 9.30 Å². The van der Waals surface area contributed by atoms with Crippen LogP contribution in [-0.4, -0.2) is 11.7 Å². The second-order valence-electron chi connectivity index (χ2n) is 9.28. The molecule has 0 radical (unpaired) electrons. The summed E-state index contributed by atoms with van der Waals surface area (Å²) in [7, 11) is 1.76. The normalized spacial score (nSPS) is 19.4. The Morgan fingerprint density at radius 2 is 1.47 bits per heavy atom. The number of aromatic nitrogens is 2. The van der Waals surface area contributed by atoms with Crippen molar-refractivity contribution in [3.63, 3.8) is 0 Å². The fourth-order valence-corrected chi connectivity index (χ4v) is 5.73. The Morgan fingerprint density at radius 1 is 0.781 bits per heavy atom. The number of hydrogen-bond donors (Lipinski definition) is 0. The van der Waals surface area contributed by atoms with E-state index in [1.54, 1.807) is 7.11 Å². The number of ether oxygens (including phenoxy) is 1. The summed E-state index contributed by atoms with van der Waals surface area (Å²) in [5.74, 6) is 3.92. The molecule has 2 atom stereocenters. The molecule has 3 aromatic carbocycles. The van der Waals surface area contributed by atoms with Gasteiger partial charge in [0.05, 0.1) is 20.1 Å². The van der Waals surface area contributed by atoms with Gasteiger partial charge in [-0.15, -0.1) is 0 Å². The molecule has 1 aliphatic carbocycles. The Labute approximate surface area is 189 Å². The summed E-state index contributed by atoms with van der Waals surface area (Å²) in [6.07, 6.45) is 7.55. The van der Waals surface area contributed by atoms with E-state index in [0.717, 1.165) is 36.2 Å². The standard InChI is InChI=1S/C29H29N2O/c1-32-28-10-6-5-9-26(28)31-20-27(30-19-22-12-11-21(17-22)18-29(30)31)25-15-13-24(14-16-25)23-7-3-2-4-8-23/h2-10,13-16,20-22H,11-12,17-19H2,1H3/q+1. The van der Waals surface area contributed by atoms with E-state index in [0.29, 0.717) is 0 Å². The van der Waals surface area contributed by atoms with E-state index in [2.05, 4.69) is 88.1 Å². The molecule has 2 unspecified atom stereocenters. The van der Waals surface area contributed by atoms with Crippen LogP contribution in [0.5, 0.6) is 5.75 Å².